The molecule has 1 aromatic carbocycles. The lowest BCUT2D eigenvalue weighted by molar-refractivity contribution is 0.318. The van der Waals surface area contributed by atoms with Crippen molar-refractivity contribution < 1.29 is 0 Å². The molecule has 1 heterocycles. The summed E-state index contributed by atoms with van der Waals surface area (Å²) in [6.07, 6.45) is 0. The van der Waals surface area contributed by atoms with Gasteiger partial charge in [0, 0.05) is 24.5 Å². The van der Waals surface area contributed by atoms with Crippen LogP contribution in [0.5, 0.6) is 0 Å². The topological polar surface area (TPSA) is 29.3 Å². The molecule has 2 heteroatoms. The summed E-state index contributed by atoms with van der Waals surface area (Å²) in [7, 11) is 2.16. The lowest BCUT2D eigenvalue weighted by Gasteiger charge is -2.19. The molecule has 82 valence electrons. The van der Waals surface area contributed by atoms with E-state index in [4.69, 9.17) is 5.73 Å². The van der Waals surface area contributed by atoms with Crippen LogP contribution in [0, 0.1) is 6.92 Å². The molecule has 1 aromatic rings. The number of nitrogens with zero attached hydrogens (tertiary/aromatic N) is 1. The summed E-state index contributed by atoms with van der Waals surface area (Å²) in [6, 6.07) is 9.33. The average Bonchev–Trinajstić information content (AvgIpc) is 2.47. The number of likely N-dealkylation sites (tertiary alicyclic amines) is 1. The minimum absolute atomic E-state index is 0.260. The van der Waals surface area contributed by atoms with Gasteiger partial charge in [0.05, 0.1) is 0 Å². The molecular formula is C13H20N2. The van der Waals surface area contributed by atoms with E-state index in [9.17, 15) is 0 Å². The van der Waals surface area contributed by atoms with Gasteiger partial charge in [0.1, 0.15) is 0 Å². The number of likely N-dealkylation sites (N-methyl/N-ethyl adjacent to an activating group) is 1. The van der Waals surface area contributed by atoms with Crippen LogP contribution in [0.2, 0.25) is 0 Å². The van der Waals surface area contributed by atoms with Crippen molar-refractivity contribution >= 4 is 0 Å². The molecule has 1 fully saturated rings. The summed E-state index contributed by atoms with van der Waals surface area (Å²) in [5.74, 6) is 0.492. The summed E-state index contributed by atoms with van der Waals surface area (Å²) < 4.78 is 0. The van der Waals surface area contributed by atoms with Gasteiger partial charge >= 0.3 is 0 Å². The third-order valence-corrected chi connectivity index (χ3v) is 3.79. The van der Waals surface area contributed by atoms with Gasteiger partial charge < -0.3 is 10.6 Å². The number of hydrogen-bond donors (Lipinski definition) is 1. The number of nitrogens with two attached hydrogens (primary N) is 1. The summed E-state index contributed by atoms with van der Waals surface area (Å²) >= 11 is 0. The predicted molar refractivity (Wildman–Crippen MR) is 64.0 cm³/mol. The molecule has 0 unspecified atom stereocenters. The van der Waals surface area contributed by atoms with Crippen molar-refractivity contribution in [1.82, 2.24) is 4.90 Å². The van der Waals surface area contributed by atoms with Gasteiger partial charge in [-0.2, -0.15) is 0 Å². The van der Waals surface area contributed by atoms with E-state index >= 15 is 0 Å². The maximum atomic E-state index is 6.27. The molecular weight excluding hydrogens is 184 g/mol. The Hall–Kier alpha value is -0.860. The van der Waals surface area contributed by atoms with Gasteiger partial charge in [-0.15, -0.1) is 0 Å². The Morgan fingerprint density at radius 2 is 2.00 bits per heavy atom. The Morgan fingerprint density at radius 3 is 2.53 bits per heavy atom. The summed E-state index contributed by atoms with van der Waals surface area (Å²) in [5, 5.41) is 0. The molecule has 1 aliphatic rings. The molecule has 1 saturated heterocycles. The molecule has 0 bridgehead atoms. The fraction of sp³-hybridized carbons (Fsp3) is 0.538. The smallest absolute Gasteiger partial charge is 0.0276 e. The van der Waals surface area contributed by atoms with Gasteiger partial charge in [-0.3, -0.25) is 0 Å². The van der Waals surface area contributed by atoms with Crippen molar-refractivity contribution in [2.24, 2.45) is 5.73 Å². The first kappa shape index (κ1) is 10.7. The summed E-state index contributed by atoms with van der Waals surface area (Å²) in [6.45, 7) is 5.46. The SMILES string of the molecule is Cc1ccccc1[C@H]1CN(C)[C@H](C)[C@@H]1N. The van der Waals surface area contributed by atoms with Crippen LogP contribution in [0.1, 0.15) is 24.0 Å². The highest BCUT2D eigenvalue weighted by Crippen LogP contribution is 2.31. The minimum atomic E-state index is 0.260. The Labute approximate surface area is 92.1 Å². The zero-order valence-corrected chi connectivity index (χ0v) is 9.77. The van der Waals surface area contributed by atoms with Crippen LogP contribution in [0.4, 0.5) is 0 Å². The van der Waals surface area contributed by atoms with Gasteiger partial charge in [0.15, 0.2) is 0 Å². The average molecular weight is 204 g/mol. The van der Waals surface area contributed by atoms with Gasteiger partial charge in [-0.05, 0) is 32.0 Å². The molecule has 0 saturated carbocycles. The first-order valence-electron chi connectivity index (χ1n) is 5.62. The van der Waals surface area contributed by atoms with Crippen LogP contribution < -0.4 is 5.73 Å². The van der Waals surface area contributed by atoms with E-state index in [0.717, 1.165) is 6.54 Å². The molecule has 0 aromatic heterocycles. The van der Waals surface area contributed by atoms with Crippen molar-refractivity contribution in [3.8, 4) is 0 Å². The minimum Gasteiger partial charge on any atom is -0.326 e. The molecule has 2 nitrogen and oxygen atoms in total. The highest BCUT2D eigenvalue weighted by Gasteiger charge is 2.35. The zero-order valence-electron chi connectivity index (χ0n) is 9.77. The van der Waals surface area contributed by atoms with Crippen molar-refractivity contribution in [1.29, 1.82) is 0 Å². The second-order valence-electron chi connectivity index (χ2n) is 4.72. The van der Waals surface area contributed by atoms with E-state index < -0.39 is 0 Å². The Morgan fingerprint density at radius 1 is 1.33 bits per heavy atom. The number of rotatable bonds is 1. The summed E-state index contributed by atoms with van der Waals surface area (Å²) in [4.78, 5) is 2.35. The first-order valence-corrected chi connectivity index (χ1v) is 5.62. The first-order chi connectivity index (χ1) is 7.11. The lowest BCUT2D eigenvalue weighted by Crippen LogP contribution is -2.36. The highest BCUT2D eigenvalue weighted by atomic mass is 15.2. The Bertz CT molecular complexity index is 348. The van der Waals surface area contributed by atoms with Crippen LogP contribution in [0.15, 0.2) is 24.3 Å². The molecule has 2 rings (SSSR count). The van der Waals surface area contributed by atoms with E-state index in [1.807, 2.05) is 0 Å². The van der Waals surface area contributed by atoms with Gasteiger partial charge in [0.2, 0.25) is 0 Å². The van der Waals surface area contributed by atoms with Crippen LogP contribution >= 0.6 is 0 Å². The van der Waals surface area contributed by atoms with Crippen LogP contribution in [-0.2, 0) is 0 Å². The van der Waals surface area contributed by atoms with E-state index in [1.54, 1.807) is 0 Å². The normalized spacial score (nSPS) is 32.1. The fourth-order valence-electron chi connectivity index (χ4n) is 2.54. The maximum Gasteiger partial charge on any atom is 0.0276 e. The van der Waals surface area contributed by atoms with Crippen molar-refractivity contribution in [3.05, 3.63) is 35.4 Å². The quantitative estimate of drug-likeness (QED) is 0.755. The molecule has 0 aliphatic carbocycles. The van der Waals surface area contributed by atoms with Gasteiger partial charge in [-0.25, -0.2) is 0 Å². The predicted octanol–water partition coefficient (Wildman–Crippen LogP) is 1.74. The van der Waals surface area contributed by atoms with Crippen molar-refractivity contribution in [3.63, 3.8) is 0 Å². The maximum absolute atomic E-state index is 6.27. The molecule has 1 aliphatic heterocycles. The lowest BCUT2D eigenvalue weighted by atomic mass is 9.89. The molecule has 15 heavy (non-hydrogen) atoms. The van der Waals surface area contributed by atoms with Crippen molar-refractivity contribution in [2.45, 2.75) is 31.8 Å². The molecule has 0 spiro atoms. The molecule has 0 radical (unpaired) electrons. The molecule has 2 N–H and O–H groups in total. The third-order valence-electron chi connectivity index (χ3n) is 3.79. The zero-order chi connectivity index (χ0) is 11.0. The molecule has 3 atom stereocenters. The third kappa shape index (κ3) is 1.80. The Kier molecular flexibility index (Phi) is 2.81. The number of benzene rings is 1. The Balaban J connectivity index is 2.30. The van der Waals surface area contributed by atoms with Crippen LogP contribution in [-0.4, -0.2) is 30.6 Å². The number of aryl methyl sites for hydroxylation is 1. The van der Waals surface area contributed by atoms with E-state index in [2.05, 4.69) is 50.1 Å². The summed E-state index contributed by atoms with van der Waals surface area (Å²) in [5.41, 5.74) is 9.05. The van der Waals surface area contributed by atoms with Gasteiger partial charge in [-0.1, -0.05) is 24.3 Å². The van der Waals surface area contributed by atoms with Crippen LogP contribution in [0.3, 0.4) is 0 Å². The van der Waals surface area contributed by atoms with E-state index in [-0.39, 0.29) is 6.04 Å². The second kappa shape index (κ2) is 3.95. The largest absolute Gasteiger partial charge is 0.326 e. The van der Waals surface area contributed by atoms with E-state index in [0.29, 0.717) is 12.0 Å². The van der Waals surface area contributed by atoms with Crippen LogP contribution in [0.25, 0.3) is 0 Å². The second-order valence-corrected chi connectivity index (χ2v) is 4.72. The molecule has 0 amide bonds. The highest BCUT2D eigenvalue weighted by molar-refractivity contribution is 5.32. The van der Waals surface area contributed by atoms with Gasteiger partial charge in [0.25, 0.3) is 0 Å². The standard InChI is InChI=1S/C13H20N2/c1-9-6-4-5-7-11(9)12-8-15(3)10(2)13(12)14/h4-7,10,12-13H,8,14H2,1-3H3/t10-,12-,13+/m1/s1. The van der Waals surface area contributed by atoms with E-state index in [1.165, 1.54) is 11.1 Å². The monoisotopic (exact) mass is 204 g/mol. The number of hydrogen-bond acceptors (Lipinski definition) is 2. The van der Waals surface area contributed by atoms with Crippen molar-refractivity contribution in [2.75, 3.05) is 13.6 Å². The fourth-order valence-corrected chi connectivity index (χ4v) is 2.54.